The molecule has 174 valence electrons. The maximum atomic E-state index is 14.1. The van der Waals surface area contributed by atoms with Crippen LogP contribution < -0.4 is 0 Å². The highest BCUT2D eigenvalue weighted by atomic mass is 19.1. The van der Waals surface area contributed by atoms with Gasteiger partial charge in [-0.3, -0.25) is 9.47 Å². The fourth-order valence-corrected chi connectivity index (χ4v) is 4.59. The monoisotopic (exact) mass is 444 g/mol. The minimum atomic E-state index is -0.621. The van der Waals surface area contributed by atoms with E-state index in [9.17, 15) is 9.18 Å². The maximum absolute atomic E-state index is 14.1. The summed E-state index contributed by atoms with van der Waals surface area (Å²) in [5.41, 5.74) is 0.921. The second kappa shape index (κ2) is 8.81. The van der Waals surface area contributed by atoms with E-state index in [0.717, 1.165) is 37.2 Å². The number of aromatic nitrogens is 3. The molecular weight excluding hydrogens is 411 g/mol. The Kier molecular flexibility index (Phi) is 6.25. The molecule has 1 aromatic heterocycles. The summed E-state index contributed by atoms with van der Waals surface area (Å²) in [6, 6.07) is 4.69. The summed E-state index contributed by atoms with van der Waals surface area (Å²) in [5, 5.41) is 8.99. The van der Waals surface area contributed by atoms with Gasteiger partial charge >= 0.3 is 6.09 Å². The number of carbonyl (C=O) groups is 1. The Morgan fingerprint density at radius 1 is 1.12 bits per heavy atom. The van der Waals surface area contributed by atoms with E-state index in [2.05, 4.69) is 24.0 Å². The number of nitrogens with zero attached hydrogens (tertiary/aromatic N) is 4. The number of halogens is 1. The fraction of sp³-hybridized carbons (Fsp3) is 0.625. The zero-order valence-corrected chi connectivity index (χ0v) is 19.6. The van der Waals surface area contributed by atoms with Gasteiger partial charge in [-0.1, -0.05) is 0 Å². The Morgan fingerprint density at radius 3 is 2.50 bits per heavy atom. The van der Waals surface area contributed by atoms with E-state index in [4.69, 9.17) is 9.47 Å². The van der Waals surface area contributed by atoms with E-state index < -0.39 is 11.7 Å². The van der Waals surface area contributed by atoms with Gasteiger partial charge < -0.3 is 9.47 Å². The zero-order valence-electron chi connectivity index (χ0n) is 19.6. The first-order chi connectivity index (χ1) is 15.1. The van der Waals surface area contributed by atoms with Crippen LogP contribution in [0.4, 0.5) is 9.18 Å². The molecule has 32 heavy (non-hydrogen) atoms. The van der Waals surface area contributed by atoms with Crippen molar-refractivity contribution in [3.05, 3.63) is 41.2 Å². The number of hydrogen-bond acceptors (Lipinski definition) is 5. The van der Waals surface area contributed by atoms with Crippen LogP contribution in [-0.2, 0) is 22.6 Å². The van der Waals surface area contributed by atoms with E-state index in [1.807, 2.05) is 25.3 Å². The van der Waals surface area contributed by atoms with Crippen LogP contribution in [0.3, 0.4) is 0 Å². The minimum absolute atomic E-state index is 0.224. The van der Waals surface area contributed by atoms with Crippen molar-refractivity contribution in [2.75, 3.05) is 0 Å². The average Bonchev–Trinajstić information content (AvgIpc) is 3.02. The molecule has 2 aromatic rings. The Labute approximate surface area is 188 Å². The van der Waals surface area contributed by atoms with Crippen molar-refractivity contribution in [2.24, 2.45) is 0 Å². The molecule has 0 unspecified atom stereocenters. The van der Waals surface area contributed by atoms with Crippen LogP contribution in [0.15, 0.2) is 18.2 Å². The number of benzene rings is 1. The lowest BCUT2D eigenvalue weighted by molar-refractivity contribution is -0.0151. The van der Waals surface area contributed by atoms with Crippen molar-refractivity contribution in [1.82, 2.24) is 19.7 Å². The van der Waals surface area contributed by atoms with Crippen molar-refractivity contribution < 1.29 is 18.7 Å². The highest BCUT2D eigenvalue weighted by Gasteiger charge is 2.33. The molecule has 7 nitrogen and oxygen atoms in total. The van der Waals surface area contributed by atoms with Crippen LogP contribution in [0.25, 0.3) is 5.69 Å². The highest BCUT2D eigenvalue weighted by Crippen LogP contribution is 2.36. The predicted molar refractivity (Wildman–Crippen MR) is 118 cm³/mol. The Bertz CT molecular complexity index is 974. The minimum Gasteiger partial charge on any atom is -0.444 e. The van der Waals surface area contributed by atoms with Crippen molar-refractivity contribution in [2.45, 2.75) is 97.1 Å². The van der Waals surface area contributed by atoms with Gasteiger partial charge in [0.05, 0.1) is 31.0 Å². The molecule has 0 radical (unpaired) electrons. The fourth-order valence-electron chi connectivity index (χ4n) is 4.59. The first kappa shape index (κ1) is 22.7. The van der Waals surface area contributed by atoms with E-state index >= 15 is 0 Å². The third-order valence-electron chi connectivity index (χ3n) is 5.89. The van der Waals surface area contributed by atoms with Crippen LogP contribution in [0.1, 0.15) is 83.4 Å². The van der Waals surface area contributed by atoms with Crippen LogP contribution >= 0.6 is 0 Å². The summed E-state index contributed by atoms with van der Waals surface area (Å²) >= 11 is 0. The summed E-state index contributed by atoms with van der Waals surface area (Å²) in [6.45, 7) is 10.1. The molecule has 8 heteroatoms. The maximum Gasteiger partial charge on any atom is 0.411 e. The van der Waals surface area contributed by atoms with E-state index in [-0.39, 0.29) is 37.0 Å². The molecule has 0 bridgehead atoms. The van der Waals surface area contributed by atoms with Gasteiger partial charge in [-0.05, 0) is 84.1 Å². The zero-order chi connectivity index (χ0) is 23.0. The van der Waals surface area contributed by atoms with E-state index in [1.54, 1.807) is 11.0 Å². The Hall–Kier alpha value is -2.48. The van der Waals surface area contributed by atoms with Gasteiger partial charge in [0.1, 0.15) is 17.2 Å². The number of ether oxygens (including phenoxy) is 2. The molecular formula is C24H33FN4O3. The molecule has 0 atom stereocenters. The third-order valence-corrected chi connectivity index (χ3v) is 5.89. The predicted octanol–water partition coefficient (Wildman–Crippen LogP) is 5.11. The lowest BCUT2D eigenvalue weighted by Crippen LogP contribution is -2.35. The molecule has 0 N–H and O–H groups in total. The van der Waals surface area contributed by atoms with Gasteiger partial charge in [0.25, 0.3) is 0 Å². The van der Waals surface area contributed by atoms with Crippen LogP contribution in [0.5, 0.6) is 0 Å². The van der Waals surface area contributed by atoms with Gasteiger partial charge in [0.15, 0.2) is 5.82 Å². The molecule has 2 aliphatic rings. The van der Waals surface area contributed by atoms with Crippen molar-refractivity contribution >= 4 is 6.09 Å². The molecule has 0 spiro atoms. The van der Waals surface area contributed by atoms with Crippen LogP contribution in [0, 0.1) is 5.82 Å². The summed E-state index contributed by atoms with van der Waals surface area (Å²) in [4.78, 5) is 14.4. The van der Waals surface area contributed by atoms with Gasteiger partial charge in [-0.2, -0.15) is 0 Å². The smallest absolute Gasteiger partial charge is 0.411 e. The Morgan fingerprint density at radius 2 is 1.84 bits per heavy atom. The molecule has 2 heterocycles. The lowest BCUT2D eigenvalue weighted by atomic mass is 9.86. The molecule has 4 rings (SSSR count). The molecule has 1 aliphatic carbocycles. The van der Waals surface area contributed by atoms with Gasteiger partial charge in [-0.15, -0.1) is 10.2 Å². The normalized spacial score (nSPS) is 21.2. The number of fused-ring (bicyclic) bond motifs is 3. The topological polar surface area (TPSA) is 69.5 Å². The third kappa shape index (κ3) is 4.95. The van der Waals surface area contributed by atoms with Crippen molar-refractivity contribution in [1.29, 1.82) is 0 Å². The molecule has 1 saturated carbocycles. The number of hydrogen-bond donors (Lipinski definition) is 0. The molecule has 0 saturated heterocycles. The molecule has 1 aromatic carbocycles. The van der Waals surface area contributed by atoms with E-state index in [1.165, 1.54) is 12.1 Å². The second-order valence-electron chi connectivity index (χ2n) is 10.1. The standard InChI is InChI=1S/C24H33FN4O3/c1-15(2)31-19-9-6-16(7-10-19)22-27-26-21-14-28(23(30)32-24(3,4)5)13-17-12-18(25)8-11-20(17)29(21)22/h8,11-12,15-16,19H,6-7,9-10,13-14H2,1-5H3/t16-,19-. The highest BCUT2D eigenvalue weighted by molar-refractivity contribution is 5.68. The molecule has 1 amide bonds. The number of rotatable bonds is 3. The second-order valence-corrected chi connectivity index (χ2v) is 10.1. The van der Waals surface area contributed by atoms with Crippen LogP contribution in [-0.4, -0.2) is 43.6 Å². The SMILES string of the molecule is CC(C)O[C@H]1CC[C@H](c2nnc3n2-c2ccc(F)cc2CN(C(=O)OC(C)(C)C)C3)CC1. The van der Waals surface area contributed by atoms with Crippen molar-refractivity contribution in [3.63, 3.8) is 0 Å². The first-order valence-corrected chi connectivity index (χ1v) is 11.5. The average molecular weight is 445 g/mol. The van der Waals surface area contributed by atoms with Gasteiger partial charge in [0.2, 0.25) is 0 Å². The van der Waals surface area contributed by atoms with Gasteiger partial charge in [0, 0.05) is 5.92 Å². The summed E-state index contributed by atoms with van der Waals surface area (Å²) in [5.74, 6) is 1.45. The number of carbonyl (C=O) groups excluding carboxylic acids is 1. The summed E-state index contributed by atoms with van der Waals surface area (Å²) < 4.78 is 27.7. The Balaban J connectivity index is 1.65. The first-order valence-electron chi connectivity index (χ1n) is 11.5. The largest absolute Gasteiger partial charge is 0.444 e. The van der Waals surface area contributed by atoms with Gasteiger partial charge in [-0.25, -0.2) is 9.18 Å². The van der Waals surface area contributed by atoms with Crippen LogP contribution in [0.2, 0.25) is 0 Å². The summed E-state index contributed by atoms with van der Waals surface area (Å²) in [7, 11) is 0. The quantitative estimate of drug-likeness (QED) is 0.658. The number of amides is 1. The lowest BCUT2D eigenvalue weighted by Gasteiger charge is -2.29. The van der Waals surface area contributed by atoms with E-state index in [0.29, 0.717) is 11.4 Å². The molecule has 1 fully saturated rings. The molecule has 1 aliphatic heterocycles. The summed E-state index contributed by atoms with van der Waals surface area (Å²) in [6.07, 6.45) is 3.93. The van der Waals surface area contributed by atoms with Crippen molar-refractivity contribution in [3.8, 4) is 5.69 Å².